The lowest BCUT2D eigenvalue weighted by molar-refractivity contribution is -0.119. The standard InChI is InChI=1S/C11H14Cl2N2O2/c1-11(2,3)4-9(16)14-10-7(12)5-15(17)6-8(10)13/h5-6,17H,4H2,1-3H3. The number of pyridine rings is 1. The number of halogens is 2. The van der Waals surface area contributed by atoms with Gasteiger partial charge in [0, 0.05) is 6.42 Å². The first-order chi connectivity index (χ1) is 7.69. The van der Waals surface area contributed by atoms with E-state index < -0.39 is 0 Å². The van der Waals surface area contributed by atoms with Gasteiger partial charge in [0.25, 0.3) is 0 Å². The third kappa shape index (κ3) is 4.40. The van der Waals surface area contributed by atoms with E-state index in [1.165, 1.54) is 12.4 Å². The number of carbonyl (C=O) groups excluding carboxylic acids is 1. The molecule has 0 fully saturated rings. The molecule has 0 bridgehead atoms. The smallest absolute Gasteiger partial charge is 0.246 e. The maximum absolute atomic E-state index is 11.7. The van der Waals surface area contributed by atoms with Gasteiger partial charge in [-0.05, 0) is 5.41 Å². The molecule has 94 valence electrons. The fourth-order valence-electron chi connectivity index (χ4n) is 1.23. The van der Waals surface area contributed by atoms with Crippen molar-refractivity contribution in [2.75, 3.05) is 0 Å². The highest BCUT2D eigenvalue weighted by molar-refractivity contribution is 6.34. The van der Waals surface area contributed by atoms with E-state index in [0.717, 1.165) is 4.73 Å². The van der Waals surface area contributed by atoms with Crippen molar-refractivity contribution in [3.63, 3.8) is 0 Å². The van der Waals surface area contributed by atoms with Gasteiger partial charge in [-0.15, -0.1) is 0 Å². The normalized spacial score (nSPS) is 11.4. The molecule has 0 radical (unpaired) electrons. The second-order valence-corrected chi connectivity index (χ2v) is 5.74. The van der Waals surface area contributed by atoms with Crippen molar-refractivity contribution in [1.82, 2.24) is 4.73 Å². The van der Waals surface area contributed by atoms with Crippen LogP contribution in [0.1, 0.15) is 27.2 Å². The van der Waals surface area contributed by atoms with E-state index >= 15 is 0 Å². The van der Waals surface area contributed by atoms with Crippen molar-refractivity contribution in [3.8, 4) is 0 Å². The Kier molecular flexibility index (Phi) is 4.22. The molecule has 0 aliphatic rings. The van der Waals surface area contributed by atoms with Gasteiger partial charge in [-0.2, -0.15) is 4.73 Å². The predicted molar refractivity (Wildman–Crippen MR) is 66.3 cm³/mol. The summed E-state index contributed by atoms with van der Waals surface area (Å²) >= 11 is 11.7. The van der Waals surface area contributed by atoms with E-state index in [2.05, 4.69) is 4.99 Å². The molecule has 1 heterocycles. The number of hydrogen-bond acceptors (Lipinski definition) is 2. The summed E-state index contributed by atoms with van der Waals surface area (Å²) in [6.07, 6.45) is 2.74. The Balaban J connectivity index is 3.13. The van der Waals surface area contributed by atoms with E-state index in [9.17, 15) is 4.79 Å². The first kappa shape index (κ1) is 14.1. The Labute approximate surface area is 109 Å². The van der Waals surface area contributed by atoms with Crippen LogP contribution in [0.4, 0.5) is 0 Å². The molecule has 1 N–H and O–H groups in total. The lowest BCUT2D eigenvalue weighted by Crippen LogP contribution is -2.16. The Bertz CT molecular complexity index is 475. The second kappa shape index (κ2) is 5.10. The van der Waals surface area contributed by atoms with E-state index in [-0.39, 0.29) is 26.7 Å². The van der Waals surface area contributed by atoms with Crippen molar-refractivity contribution in [3.05, 3.63) is 27.8 Å². The Morgan fingerprint density at radius 1 is 1.35 bits per heavy atom. The summed E-state index contributed by atoms with van der Waals surface area (Å²) in [6.45, 7) is 5.82. The summed E-state index contributed by atoms with van der Waals surface area (Å²) in [4.78, 5) is 15.5. The van der Waals surface area contributed by atoms with Crippen LogP contribution >= 0.6 is 23.2 Å². The molecule has 0 atom stereocenters. The molecular weight excluding hydrogens is 263 g/mol. The molecule has 1 aromatic rings. The van der Waals surface area contributed by atoms with Gasteiger partial charge in [0.05, 0.1) is 22.4 Å². The Morgan fingerprint density at radius 3 is 2.24 bits per heavy atom. The van der Waals surface area contributed by atoms with E-state index in [4.69, 9.17) is 28.4 Å². The van der Waals surface area contributed by atoms with Crippen LogP contribution in [0.2, 0.25) is 10.0 Å². The van der Waals surface area contributed by atoms with Crippen LogP contribution in [0.25, 0.3) is 0 Å². The molecular formula is C11H14Cl2N2O2. The highest BCUT2D eigenvalue weighted by Gasteiger charge is 2.15. The van der Waals surface area contributed by atoms with Gasteiger partial charge in [0.1, 0.15) is 5.36 Å². The van der Waals surface area contributed by atoms with Crippen LogP contribution in [0.3, 0.4) is 0 Å². The fourth-order valence-corrected chi connectivity index (χ4v) is 1.77. The monoisotopic (exact) mass is 276 g/mol. The molecule has 0 aliphatic carbocycles. The van der Waals surface area contributed by atoms with Crippen LogP contribution < -0.4 is 5.36 Å². The van der Waals surface area contributed by atoms with Gasteiger partial charge in [-0.3, -0.25) is 4.79 Å². The Morgan fingerprint density at radius 2 is 1.82 bits per heavy atom. The average molecular weight is 277 g/mol. The molecule has 1 rings (SSSR count). The third-order valence-electron chi connectivity index (χ3n) is 1.86. The van der Waals surface area contributed by atoms with Crippen molar-refractivity contribution in [1.29, 1.82) is 0 Å². The summed E-state index contributed by atoms with van der Waals surface area (Å²) < 4.78 is 0.720. The molecule has 1 amide bonds. The summed E-state index contributed by atoms with van der Waals surface area (Å²) in [6, 6.07) is 0. The van der Waals surface area contributed by atoms with E-state index in [1.54, 1.807) is 0 Å². The fraction of sp³-hybridized carbons (Fsp3) is 0.455. The first-order valence-electron chi connectivity index (χ1n) is 5.03. The van der Waals surface area contributed by atoms with Crippen molar-refractivity contribution in [2.24, 2.45) is 10.4 Å². The molecule has 1 aromatic heterocycles. The molecule has 0 saturated carbocycles. The van der Waals surface area contributed by atoms with Crippen LogP contribution in [0.15, 0.2) is 17.4 Å². The van der Waals surface area contributed by atoms with Crippen molar-refractivity contribution in [2.45, 2.75) is 27.2 Å². The van der Waals surface area contributed by atoms with Crippen LogP contribution in [-0.2, 0) is 4.79 Å². The van der Waals surface area contributed by atoms with Gasteiger partial charge < -0.3 is 5.21 Å². The Hall–Kier alpha value is -1.00. The molecule has 17 heavy (non-hydrogen) atoms. The van der Waals surface area contributed by atoms with Gasteiger partial charge >= 0.3 is 0 Å². The SMILES string of the molecule is CC(C)(C)CC(=O)N=c1c(Cl)cn(O)cc1Cl. The van der Waals surface area contributed by atoms with E-state index in [0.29, 0.717) is 6.42 Å². The maximum atomic E-state index is 11.7. The maximum Gasteiger partial charge on any atom is 0.246 e. The highest BCUT2D eigenvalue weighted by Crippen LogP contribution is 2.19. The average Bonchev–Trinajstić information content (AvgIpc) is 2.08. The quantitative estimate of drug-likeness (QED) is 0.802. The van der Waals surface area contributed by atoms with Crippen molar-refractivity contribution >= 4 is 29.1 Å². The van der Waals surface area contributed by atoms with Crippen LogP contribution in [0, 0.1) is 5.41 Å². The van der Waals surface area contributed by atoms with Gasteiger partial charge in [0.15, 0.2) is 0 Å². The zero-order valence-corrected chi connectivity index (χ0v) is 11.4. The second-order valence-electron chi connectivity index (χ2n) is 4.93. The minimum Gasteiger partial charge on any atom is -0.429 e. The molecule has 0 aromatic carbocycles. The number of rotatable bonds is 1. The number of carbonyl (C=O) groups is 1. The minimum atomic E-state index is -0.294. The largest absolute Gasteiger partial charge is 0.429 e. The molecule has 0 aliphatic heterocycles. The molecule has 4 nitrogen and oxygen atoms in total. The number of amides is 1. The zero-order valence-electron chi connectivity index (χ0n) is 9.87. The summed E-state index contributed by atoms with van der Waals surface area (Å²) in [5.74, 6) is -0.294. The van der Waals surface area contributed by atoms with Gasteiger partial charge in [0.2, 0.25) is 5.91 Å². The zero-order chi connectivity index (χ0) is 13.2. The molecule has 0 saturated heterocycles. The molecule has 0 spiro atoms. The van der Waals surface area contributed by atoms with Crippen molar-refractivity contribution < 1.29 is 10.0 Å². The van der Waals surface area contributed by atoms with Crippen LogP contribution in [-0.4, -0.2) is 15.8 Å². The molecule has 0 unspecified atom stereocenters. The lowest BCUT2D eigenvalue weighted by atomic mass is 9.92. The topological polar surface area (TPSA) is 54.6 Å². The predicted octanol–water partition coefficient (Wildman–Crippen LogP) is 2.90. The van der Waals surface area contributed by atoms with Crippen LogP contribution in [0.5, 0.6) is 0 Å². The van der Waals surface area contributed by atoms with E-state index in [1.807, 2.05) is 20.8 Å². The third-order valence-corrected chi connectivity index (χ3v) is 2.41. The molecule has 6 heteroatoms. The summed E-state index contributed by atoms with van der Waals surface area (Å²) in [7, 11) is 0. The lowest BCUT2D eigenvalue weighted by Gasteiger charge is -2.14. The number of nitrogens with zero attached hydrogens (tertiary/aromatic N) is 2. The first-order valence-corrected chi connectivity index (χ1v) is 5.79. The summed E-state index contributed by atoms with van der Waals surface area (Å²) in [5, 5.41) is 9.60. The van der Waals surface area contributed by atoms with Gasteiger partial charge in [-0.25, -0.2) is 4.99 Å². The highest BCUT2D eigenvalue weighted by atomic mass is 35.5. The number of hydrogen-bond donors (Lipinski definition) is 1. The number of aromatic nitrogens is 1. The summed E-state index contributed by atoms with van der Waals surface area (Å²) in [5.41, 5.74) is -0.148. The van der Waals surface area contributed by atoms with Gasteiger partial charge in [-0.1, -0.05) is 44.0 Å². The minimum absolute atomic E-state index is 0.127.